The number of benzene rings is 1. The molecule has 1 atom stereocenters. The van der Waals surface area contributed by atoms with E-state index in [1.807, 2.05) is 36.9 Å². The Bertz CT molecular complexity index is 630. The van der Waals surface area contributed by atoms with Crippen LogP contribution < -0.4 is 0 Å². The molecule has 0 aliphatic rings. The Morgan fingerprint density at radius 1 is 1.04 bits per heavy atom. The highest BCUT2D eigenvalue weighted by atomic mass is 32.2. The van der Waals surface area contributed by atoms with Crippen LogP contribution in [0.2, 0.25) is 0 Å². The lowest BCUT2D eigenvalue weighted by Crippen LogP contribution is -2.23. The summed E-state index contributed by atoms with van der Waals surface area (Å²) in [6.07, 6.45) is 10.6. The van der Waals surface area contributed by atoms with Gasteiger partial charge in [0.1, 0.15) is 0 Å². The molecule has 0 nitrogen and oxygen atoms in total. The Hall–Kier alpha value is -1.47. The topological polar surface area (TPSA) is 0 Å². The lowest BCUT2D eigenvalue weighted by Gasteiger charge is -2.36. The highest BCUT2D eigenvalue weighted by Gasteiger charge is 2.30. The molecule has 0 radical (unpaired) electrons. The lowest BCUT2D eigenvalue weighted by molar-refractivity contribution is 0.229. The van der Waals surface area contributed by atoms with Gasteiger partial charge in [0.2, 0.25) is 0 Å². The first-order valence-corrected chi connectivity index (χ1v) is 11.3. The second-order valence-corrected chi connectivity index (χ2v) is 10.6. The zero-order valence-electron chi connectivity index (χ0n) is 19.5. The molecule has 0 fully saturated rings. The molecule has 28 heavy (non-hydrogen) atoms. The fraction of sp³-hybridized carbons (Fsp3) is 0.481. The molecule has 156 valence electrons. The minimum absolute atomic E-state index is 0.312. The molecule has 0 aromatic heterocycles. The maximum Gasteiger partial charge on any atom is 0.00720 e. The second kappa shape index (κ2) is 12.9. The average Bonchev–Trinajstić information content (AvgIpc) is 2.61. The highest BCUT2D eigenvalue weighted by molar-refractivity contribution is 7.99. The second-order valence-electron chi connectivity index (χ2n) is 9.27. The number of allylic oxidation sites excluding steroid dienone is 6. The van der Waals surface area contributed by atoms with Gasteiger partial charge in [0, 0.05) is 4.90 Å². The normalized spacial score (nSPS) is 13.6. The third-order valence-corrected chi connectivity index (χ3v) is 5.34. The van der Waals surface area contributed by atoms with Crippen molar-refractivity contribution in [3.63, 3.8) is 0 Å². The maximum absolute atomic E-state index is 3.63. The quantitative estimate of drug-likeness (QED) is 0.326. The van der Waals surface area contributed by atoms with Gasteiger partial charge in [0.25, 0.3) is 0 Å². The maximum atomic E-state index is 3.63. The van der Waals surface area contributed by atoms with Crippen LogP contribution in [0.25, 0.3) is 0 Å². The van der Waals surface area contributed by atoms with E-state index in [0.717, 1.165) is 11.3 Å². The van der Waals surface area contributed by atoms with Crippen LogP contribution in [0, 0.1) is 10.8 Å². The molecule has 0 spiro atoms. The fourth-order valence-corrected chi connectivity index (χ4v) is 3.62. The van der Waals surface area contributed by atoms with Crippen molar-refractivity contribution in [3.8, 4) is 0 Å². The first-order chi connectivity index (χ1) is 13.0. The monoisotopic (exact) mass is 398 g/mol. The summed E-state index contributed by atoms with van der Waals surface area (Å²) in [7, 11) is 0. The van der Waals surface area contributed by atoms with E-state index >= 15 is 0 Å². The van der Waals surface area contributed by atoms with Gasteiger partial charge in [-0.2, -0.15) is 0 Å². The molecule has 1 aromatic carbocycles. The molecule has 0 heterocycles. The molecule has 1 rings (SSSR count). The first-order valence-electron chi connectivity index (χ1n) is 10.3. The number of rotatable bonds is 7. The molecule has 1 heteroatoms. The van der Waals surface area contributed by atoms with Gasteiger partial charge in [-0.1, -0.05) is 104 Å². The van der Waals surface area contributed by atoms with E-state index in [2.05, 4.69) is 85.9 Å². The predicted molar refractivity (Wildman–Crippen MR) is 132 cm³/mol. The molecule has 0 saturated carbocycles. The van der Waals surface area contributed by atoms with E-state index in [1.54, 1.807) is 12.2 Å². The van der Waals surface area contributed by atoms with E-state index in [4.69, 9.17) is 0 Å². The SMILES string of the molecule is C=C/C=C\C(C=C)=C/C.CCSc1ccc(C(CC(C)(C)C)C(C)(C)C)cc1. The molecular formula is C27H42S. The molecule has 1 unspecified atom stereocenters. The van der Waals surface area contributed by atoms with Crippen LogP contribution in [0.5, 0.6) is 0 Å². The number of thioether (sulfide) groups is 1. The van der Waals surface area contributed by atoms with Gasteiger partial charge in [-0.3, -0.25) is 0 Å². The van der Waals surface area contributed by atoms with Crippen LogP contribution in [0.15, 0.2) is 78.3 Å². The Labute approximate surface area is 179 Å². The van der Waals surface area contributed by atoms with Crippen LogP contribution in [0.4, 0.5) is 0 Å². The van der Waals surface area contributed by atoms with Crippen molar-refractivity contribution < 1.29 is 0 Å². The smallest absolute Gasteiger partial charge is 0.00720 e. The minimum Gasteiger partial charge on any atom is -0.126 e. The van der Waals surface area contributed by atoms with Crippen LogP contribution in [0.3, 0.4) is 0 Å². The van der Waals surface area contributed by atoms with Gasteiger partial charge in [-0.15, -0.1) is 11.8 Å². The third-order valence-electron chi connectivity index (χ3n) is 4.45. The van der Waals surface area contributed by atoms with Crippen molar-refractivity contribution in [2.75, 3.05) is 5.75 Å². The fourth-order valence-electron chi connectivity index (χ4n) is 2.96. The van der Waals surface area contributed by atoms with Gasteiger partial charge < -0.3 is 0 Å². The van der Waals surface area contributed by atoms with Crippen molar-refractivity contribution in [1.29, 1.82) is 0 Å². The van der Waals surface area contributed by atoms with E-state index in [1.165, 1.54) is 16.9 Å². The predicted octanol–water partition coefficient (Wildman–Crippen LogP) is 9.23. The first kappa shape index (κ1) is 26.5. The summed E-state index contributed by atoms with van der Waals surface area (Å²) in [6, 6.07) is 9.23. The van der Waals surface area contributed by atoms with Crippen molar-refractivity contribution in [3.05, 3.63) is 78.9 Å². The Kier molecular flexibility index (Phi) is 12.2. The van der Waals surface area contributed by atoms with Gasteiger partial charge >= 0.3 is 0 Å². The summed E-state index contributed by atoms with van der Waals surface area (Å²) >= 11 is 1.92. The molecule has 0 bridgehead atoms. The van der Waals surface area contributed by atoms with E-state index < -0.39 is 0 Å². The van der Waals surface area contributed by atoms with Crippen LogP contribution >= 0.6 is 11.8 Å². The van der Waals surface area contributed by atoms with Crippen molar-refractivity contribution in [1.82, 2.24) is 0 Å². The summed E-state index contributed by atoms with van der Waals surface area (Å²) in [5.41, 5.74) is 3.29. The third kappa shape index (κ3) is 11.4. The Balaban J connectivity index is 0.000000684. The molecule has 0 saturated heterocycles. The lowest BCUT2D eigenvalue weighted by atomic mass is 9.69. The molecule has 0 aliphatic carbocycles. The van der Waals surface area contributed by atoms with Crippen molar-refractivity contribution >= 4 is 11.8 Å². The van der Waals surface area contributed by atoms with E-state index in [-0.39, 0.29) is 0 Å². The zero-order chi connectivity index (χ0) is 21.8. The summed E-state index contributed by atoms with van der Waals surface area (Å²) in [6.45, 7) is 25.5. The molecule has 0 amide bonds. The van der Waals surface area contributed by atoms with Crippen molar-refractivity contribution in [2.45, 2.75) is 72.6 Å². The van der Waals surface area contributed by atoms with E-state index in [9.17, 15) is 0 Å². The Morgan fingerprint density at radius 2 is 1.61 bits per heavy atom. The summed E-state index contributed by atoms with van der Waals surface area (Å²) in [5.74, 6) is 1.76. The van der Waals surface area contributed by atoms with Gasteiger partial charge in [0.15, 0.2) is 0 Å². The standard InChI is InChI=1S/C18H30S.C9H12/c1-8-19-15-11-9-14(10-12-15)16(18(5,6)7)13-17(2,3)4;1-4-7-8-9(5-2)6-3/h9-12,16H,8,13H2,1-7H3;4-8H,1-2H2,3H3/b;8-7-,9-6-. The molecule has 1 aromatic rings. The summed E-state index contributed by atoms with van der Waals surface area (Å²) in [5, 5.41) is 0. The van der Waals surface area contributed by atoms with Gasteiger partial charge in [-0.05, 0) is 59.1 Å². The van der Waals surface area contributed by atoms with Crippen LogP contribution in [-0.2, 0) is 0 Å². The van der Waals surface area contributed by atoms with Crippen LogP contribution in [-0.4, -0.2) is 5.75 Å². The molecular weight excluding hydrogens is 356 g/mol. The highest BCUT2D eigenvalue weighted by Crippen LogP contribution is 2.43. The summed E-state index contributed by atoms with van der Waals surface area (Å²) in [4.78, 5) is 1.38. The number of hydrogen-bond acceptors (Lipinski definition) is 1. The van der Waals surface area contributed by atoms with Gasteiger partial charge in [0.05, 0.1) is 0 Å². The minimum atomic E-state index is 0.312. The van der Waals surface area contributed by atoms with Crippen LogP contribution in [0.1, 0.15) is 73.3 Å². The average molecular weight is 399 g/mol. The largest absolute Gasteiger partial charge is 0.126 e. The Morgan fingerprint density at radius 3 is 1.96 bits per heavy atom. The molecule has 0 aliphatic heterocycles. The summed E-state index contributed by atoms with van der Waals surface area (Å²) < 4.78 is 0. The van der Waals surface area contributed by atoms with E-state index in [0.29, 0.717) is 16.7 Å². The van der Waals surface area contributed by atoms with Gasteiger partial charge in [-0.25, -0.2) is 0 Å². The zero-order valence-corrected chi connectivity index (χ0v) is 20.3. The molecule has 0 N–H and O–H groups in total. The van der Waals surface area contributed by atoms with Crippen molar-refractivity contribution in [2.24, 2.45) is 10.8 Å². The number of hydrogen-bond donors (Lipinski definition) is 0.